The van der Waals surface area contributed by atoms with Gasteiger partial charge in [-0.15, -0.1) is 0 Å². The summed E-state index contributed by atoms with van der Waals surface area (Å²) in [7, 11) is -5.26. The molecule has 0 saturated carbocycles. The summed E-state index contributed by atoms with van der Waals surface area (Å²) in [4.78, 5) is 57.5. The third kappa shape index (κ3) is 9.59. The van der Waals surface area contributed by atoms with E-state index in [2.05, 4.69) is 0 Å². The SMILES string of the molecule is O=C(CCC(CP(O)(O)(O)Cc1ccccc1)C(=O)OCc1ccccc1)OCc1ccccc1. The number of carbonyl (C=O) groups excluding carboxylic acids is 2. The Bertz CT molecular complexity index is 1080. The second kappa shape index (κ2) is 12.0. The summed E-state index contributed by atoms with van der Waals surface area (Å²) in [5, 5.41) is 0. The number of benzene rings is 3. The van der Waals surface area contributed by atoms with Crippen molar-refractivity contribution < 1.29 is 33.7 Å². The van der Waals surface area contributed by atoms with Crippen LogP contribution in [0.25, 0.3) is 0 Å². The van der Waals surface area contributed by atoms with Crippen LogP contribution >= 0.6 is 7.28 Å². The summed E-state index contributed by atoms with van der Waals surface area (Å²) >= 11 is 0. The average Bonchev–Trinajstić information content (AvgIpc) is 2.85. The number of rotatable bonds is 12. The number of carbonyl (C=O) groups is 2. The predicted molar refractivity (Wildman–Crippen MR) is 134 cm³/mol. The van der Waals surface area contributed by atoms with E-state index in [9.17, 15) is 24.3 Å². The van der Waals surface area contributed by atoms with Crippen molar-refractivity contribution in [3.63, 3.8) is 0 Å². The van der Waals surface area contributed by atoms with Crippen LogP contribution in [0.15, 0.2) is 91.0 Å². The Hall–Kier alpha value is -3.09. The summed E-state index contributed by atoms with van der Waals surface area (Å²) in [6, 6.07) is 26.8. The van der Waals surface area contributed by atoms with Crippen molar-refractivity contribution in [1.29, 1.82) is 0 Å². The molecule has 0 saturated heterocycles. The van der Waals surface area contributed by atoms with Crippen LogP contribution in [0.1, 0.15) is 29.5 Å². The molecule has 3 N–H and O–H groups in total. The standard InChI is InChI=1S/C27H31O7P/c28-26(33-18-22-10-4-1-5-11-22)17-16-25(27(29)34-19-23-12-6-2-7-13-23)21-35(30,31,32)20-24-14-8-3-9-15-24/h1-15,25,30-32H,16-21H2. The molecule has 0 aliphatic rings. The van der Waals surface area contributed by atoms with Gasteiger partial charge in [-0.25, -0.2) is 0 Å². The Kier molecular flexibility index (Phi) is 9.13. The van der Waals surface area contributed by atoms with Crippen molar-refractivity contribution >= 4 is 19.2 Å². The summed E-state index contributed by atoms with van der Waals surface area (Å²) in [5.74, 6) is -2.36. The molecule has 3 aromatic rings. The van der Waals surface area contributed by atoms with E-state index in [0.29, 0.717) is 5.56 Å². The summed E-state index contributed by atoms with van der Waals surface area (Å²) in [5.41, 5.74) is 2.12. The van der Waals surface area contributed by atoms with Crippen LogP contribution in [0.4, 0.5) is 0 Å². The fourth-order valence-electron chi connectivity index (χ4n) is 3.71. The summed E-state index contributed by atoms with van der Waals surface area (Å²) < 4.78 is 10.7. The molecule has 0 aromatic heterocycles. The average molecular weight is 499 g/mol. The first kappa shape index (κ1) is 26.5. The van der Waals surface area contributed by atoms with Gasteiger partial charge in [0, 0.05) is 0 Å². The molecule has 0 heterocycles. The van der Waals surface area contributed by atoms with Crippen molar-refractivity contribution in [2.75, 3.05) is 6.16 Å². The van der Waals surface area contributed by atoms with E-state index in [0.717, 1.165) is 11.1 Å². The molecule has 3 aromatic carbocycles. The second-order valence-electron chi connectivity index (χ2n) is 8.64. The molecule has 1 atom stereocenters. The van der Waals surface area contributed by atoms with Crippen molar-refractivity contribution in [3.05, 3.63) is 108 Å². The molecular formula is C27H31O7P. The first-order valence-corrected chi connectivity index (χ1v) is 13.8. The van der Waals surface area contributed by atoms with E-state index in [-0.39, 0.29) is 26.1 Å². The zero-order valence-electron chi connectivity index (χ0n) is 19.4. The monoisotopic (exact) mass is 498 g/mol. The van der Waals surface area contributed by atoms with E-state index in [4.69, 9.17) is 9.47 Å². The Labute approximate surface area is 205 Å². The zero-order chi connectivity index (χ0) is 25.2. The molecule has 0 radical (unpaired) electrons. The van der Waals surface area contributed by atoms with E-state index >= 15 is 0 Å². The van der Waals surface area contributed by atoms with Gasteiger partial charge in [0.25, 0.3) is 0 Å². The van der Waals surface area contributed by atoms with Gasteiger partial charge in [0.2, 0.25) is 0 Å². The fourth-order valence-corrected chi connectivity index (χ4v) is 6.03. The molecule has 0 spiro atoms. The van der Waals surface area contributed by atoms with Gasteiger partial charge in [-0.05, 0) is 0 Å². The van der Waals surface area contributed by atoms with Gasteiger partial charge in [-0.3, -0.25) is 0 Å². The van der Waals surface area contributed by atoms with Crippen LogP contribution in [0.5, 0.6) is 0 Å². The molecule has 0 aliphatic heterocycles. The molecule has 3 rings (SSSR count). The molecule has 0 amide bonds. The van der Waals surface area contributed by atoms with Crippen LogP contribution in [0.2, 0.25) is 0 Å². The van der Waals surface area contributed by atoms with Crippen molar-refractivity contribution in [2.24, 2.45) is 5.92 Å². The molecule has 0 bridgehead atoms. The number of ether oxygens (including phenoxy) is 2. The van der Waals surface area contributed by atoms with E-state index in [1.54, 1.807) is 42.5 Å². The quantitative estimate of drug-likeness (QED) is 0.251. The molecule has 7 nitrogen and oxygen atoms in total. The van der Waals surface area contributed by atoms with Crippen molar-refractivity contribution in [1.82, 2.24) is 0 Å². The normalized spacial score (nSPS) is 13.3. The second-order valence-corrected chi connectivity index (χ2v) is 12.0. The van der Waals surface area contributed by atoms with Gasteiger partial charge in [0.15, 0.2) is 0 Å². The van der Waals surface area contributed by atoms with Crippen molar-refractivity contribution in [3.8, 4) is 0 Å². The maximum absolute atomic E-state index is 12.9. The van der Waals surface area contributed by atoms with Crippen LogP contribution in [-0.2, 0) is 38.4 Å². The van der Waals surface area contributed by atoms with Gasteiger partial charge in [0.1, 0.15) is 0 Å². The van der Waals surface area contributed by atoms with Gasteiger partial charge in [-0.1, -0.05) is 0 Å². The fraction of sp³-hybridized carbons (Fsp3) is 0.259. The number of hydrogen-bond donors (Lipinski definition) is 3. The van der Waals surface area contributed by atoms with Crippen molar-refractivity contribution in [2.45, 2.75) is 32.2 Å². The van der Waals surface area contributed by atoms with E-state index in [1.165, 1.54) is 0 Å². The Morgan fingerprint density at radius 3 is 1.66 bits per heavy atom. The van der Waals surface area contributed by atoms with Gasteiger partial charge < -0.3 is 0 Å². The first-order chi connectivity index (χ1) is 16.7. The zero-order valence-corrected chi connectivity index (χ0v) is 20.3. The third-order valence-electron chi connectivity index (χ3n) is 5.44. The molecule has 1 unspecified atom stereocenters. The van der Waals surface area contributed by atoms with E-state index < -0.39 is 37.5 Å². The maximum atomic E-state index is 12.9. The molecule has 186 valence electrons. The topological polar surface area (TPSA) is 113 Å². The van der Waals surface area contributed by atoms with Gasteiger partial charge >= 0.3 is 205 Å². The number of esters is 2. The molecule has 35 heavy (non-hydrogen) atoms. The Balaban J connectivity index is 1.65. The van der Waals surface area contributed by atoms with Crippen LogP contribution in [0.3, 0.4) is 0 Å². The minimum absolute atomic E-state index is 0.00838. The van der Waals surface area contributed by atoms with Crippen LogP contribution in [0, 0.1) is 5.92 Å². The molecular weight excluding hydrogens is 467 g/mol. The molecule has 0 aliphatic carbocycles. The van der Waals surface area contributed by atoms with Gasteiger partial charge in [-0.2, -0.15) is 0 Å². The predicted octanol–water partition coefficient (Wildman–Crippen LogP) is 4.35. The van der Waals surface area contributed by atoms with Crippen LogP contribution in [-0.4, -0.2) is 32.8 Å². The summed E-state index contributed by atoms with van der Waals surface area (Å²) in [6.07, 6.45) is -1.21. The van der Waals surface area contributed by atoms with E-state index in [1.807, 2.05) is 48.5 Å². The van der Waals surface area contributed by atoms with Gasteiger partial charge in [0.05, 0.1) is 0 Å². The third-order valence-corrected chi connectivity index (χ3v) is 7.64. The minimum atomic E-state index is -5.26. The Morgan fingerprint density at radius 2 is 1.14 bits per heavy atom. The first-order valence-electron chi connectivity index (χ1n) is 11.4. The molecule has 0 fully saturated rings. The van der Waals surface area contributed by atoms with Crippen LogP contribution < -0.4 is 0 Å². The molecule has 8 heteroatoms. The Morgan fingerprint density at radius 1 is 0.686 bits per heavy atom. The summed E-state index contributed by atoms with van der Waals surface area (Å²) in [6.45, 7) is 0.0851. The number of hydrogen-bond acceptors (Lipinski definition) is 7.